The van der Waals surface area contributed by atoms with Gasteiger partial charge in [-0.25, -0.2) is 4.79 Å². The Hall–Kier alpha value is -2.99. The van der Waals surface area contributed by atoms with Crippen molar-refractivity contribution in [3.8, 4) is 11.1 Å². The van der Waals surface area contributed by atoms with Crippen molar-refractivity contribution in [3.63, 3.8) is 0 Å². The SMILES string of the molecule is C[C@@H]1CNCC1n1cc(-c2ccccc2)c(Cc2cnccc2C(=O)O)n1. The quantitative estimate of drug-likeness (QED) is 0.729. The Kier molecular flexibility index (Phi) is 4.73. The zero-order valence-corrected chi connectivity index (χ0v) is 15.2. The maximum Gasteiger partial charge on any atom is 0.336 e. The van der Waals surface area contributed by atoms with Gasteiger partial charge in [0.15, 0.2) is 0 Å². The van der Waals surface area contributed by atoms with Gasteiger partial charge in [-0.2, -0.15) is 5.10 Å². The summed E-state index contributed by atoms with van der Waals surface area (Å²) in [6.07, 6.45) is 5.66. The number of hydrogen-bond acceptors (Lipinski definition) is 4. The smallest absolute Gasteiger partial charge is 0.336 e. The van der Waals surface area contributed by atoms with Gasteiger partial charge in [-0.05, 0) is 29.7 Å². The van der Waals surface area contributed by atoms with Crippen LogP contribution in [0.15, 0.2) is 55.0 Å². The van der Waals surface area contributed by atoms with Gasteiger partial charge in [-0.1, -0.05) is 37.3 Å². The molecule has 1 aromatic carbocycles. The number of carbonyl (C=O) groups is 1. The largest absolute Gasteiger partial charge is 0.478 e. The topological polar surface area (TPSA) is 80.0 Å². The fourth-order valence-corrected chi connectivity index (χ4v) is 3.70. The van der Waals surface area contributed by atoms with Crippen molar-refractivity contribution in [3.05, 3.63) is 71.8 Å². The number of carboxylic acid groups (broad SMARTS) is 1. The van der Waals surface area contributed by atoms with Gasteiger partial charge in [0, 0.05) is 37.1 Å². The maximum atomic E-state index is 11.6. The van der Waals surface area contributed by atoms with Crippen LogP contribution in [0.3, 0.4) is 0 Å². The van der Waals surface area contributed by atoms with Crippen molar-refractivity contribution < 1.29 is 9.90 Å². The summed E-state index contributed by atoms with van der Waals surface area (Å²) in [4.78, 5) is 15.7. The maximum absolute atomic E-state index is 11.6. The van der Waals surface area contributed by atoms with Crippen LogP contribution >= 0.6 is 0 Å². The molecular weight excluding hydrogens is 340 g/mol. The van der Waals surface area contributed by atoms with E-state index in [0.717, 1.165) is 29.9 Å². The average Bonchev–Trinajstić information content (AvgIpc) is 3.29. The first-order valence-corrected chi connectivity index (χ1v) is 9.14. The number of aromatic nitrogens is 3. The van der Waals surface area contributed by atoms with Crippen LogP contribution in [0.2, 0.25) is 0 Å². The molecule has 6 heteroatoms. The highest BCUT2D eigenvalue weighted by Crippen LogP contribution is 2.29. The molecule has 6 nitrogen and oxygen atoms in total. The molecule has 1 saturated heterocycles. The summed E-state index contributed by atoms with van der Waals surface area (Å²) in [5, 5.41) is 17.8. The summed E-state index contributed by atoms with van der Waals surface area (Å²) >= 11 is 0. The Morgan fingerprint density at radius 1 is 1.26 bits per heavy atom. The second-order valence-corrected chi connectivity index (χ2v) is 7.05. The number of pyridine rings is 1. The molecule has 0 amide bonds. The van der Waals surface area contributed by atoms with E-state index in [9.17, 15) is 9.90 Å². The fourth-order valence-electron chi connectivity index (χ4n) is 3.70. The van der Waals surface area contributed by atoms with Gasteiger partial charge in [0.05, 0.1) is 17.3 Å². The second-order valence-electron chi connectivity index (χ2n) is 7.05. The van der Waals surface area contributed by atoms with Gasteiger partial charge < -0.3 is 10.4 Å². The van der Waals surface area contributed by atoms with Crippen molar-refractivity contribution in [2.45, 2.75) is 19.4 Å². The normalized spacial score (nSPS) is 19.3. The van der Waals surface area contributed by atoms with Gasteiger partial charge in [0.1, 0.15) is 0 Å². The van der Waals surface area contributed by atoms with Gasteiger partial charge in [-0.15, -0.1) is 0 Å². The van der Waals surface area contributed by atoms with Gasteiger partial charge in [-0.3, -0.25) is 9.67 Å². The Bertz CT molecular complexity index is 952. The summed E-state index contributed by atoms with van der Waals surface area (Å²) in [7, 11) is 0. The van der Waals surface area contributed by atoms with E-state index in [-0.39, 0.29) is 5.56 Å². The van der Waals surface area contributed by atoms with Gasteiger partial charge in [0.2, 0.25) is 0 Å². The zero-order valence-electron chi connectivity index (χ0n) is 15.2. The predicted molar refractivity (Wildman–Crippen MR) is 103 cm³/mol. The monoisotopic (exact) mass is 362 g/mol. The molecule has 1 fully saturated rings. The van der Waals surface area contributed by atoms with Crippen LogP contribution in [0.1, 0.15) is 34.6 Å². The number of nitrogens with zero attached hydrogens (tertiary/aromatic N) is 3. The molecule has 138 valence electrons. The fraction of sp³-hybridized carbons (Fsp3) is 0.286. The number of benzene rings is 1. The van der Waals surface area contributed by atoms with E-state index in [4.69, 9.17) is 5.10 Å². The molecule has 2 N–H and O–H groups in total. The van der Waals surface area contributed by atoms with Crippen LogP contribution in [0.25, 0.3) is 11.1 Å². The molecule has 0 bridgehead atoms. The summed E-state index contributed by atoms with van der Waals surface area (Å²) in [5.41, 5.74) is 3.93. The minimum Gasteiger partial charge on any atom is -0.478 e. The molecule has 1 unspecified atom stereocenters. The number of aromatic carboxylic acids is 1. The lowest BCUT2D eigenvalue weighted by Gasteiger charge is -2.14. The summed E-state index contributed by atoms with van der Waals surface area (Å²) in [5.74, 6) is -0.448. The van der Waals surface area contributed by atoms with Gasteiger partial charge >= 0.3 is 5.97 Å². The molecule has 1 aliphatic heterocycles. The van der Waals surface area contributed by atoms with Gasteiger partial charge in [0.25, 0.3) is 0 Å². The summed E-state index contributed by atoms with van der Waals surface area (Å²) < 4.78 is 2.04. The number of carboxylic acids is 1. The highest BCUT2D eigenvalue weighted by molar-refractivity contribution is 5.89. The van der Waals surface area contributed by atoms with E-state index >= 15 is 0 Å². The zero-order chi connectivity index (χ0) is 18.8. The van der Waals surface area contributed by atoms with Crippen LogP contribution in [0, 0.1) is 5.92 Å². The van der Waals surface area contributed by atoms with Crippen molar-refractivity contribution >= 4 is 5.97 Å². The first-order valence-electron chi connectivity index (χ1n) is 9.14. The standard InChI is InChI=1S/C21H22N4O2/c1-14-10-23-12-20(14)25-13-18(15-5-3-2-4-6-15)19(24-25)9-16-11-22-8-7-17(16)21(26)27/h2-8,11,13-14,20,23H,9-10,12H2,1H3,(H,26,27)/t14-,20?/m1/s1. The molecule has 0 radical (unpaired) electrons. The molecule has 2 aromatic heterocycles. The van der Waals surface area contributed by atoms with Crippen LogP contribution in [0.4, 0.5) is 0 Å². The minimum atomic E-state index is -0.943. The Labute approximate surface area is 157 Å². The first-order chi connectivity index (χ1) is 13.1. The van der Waals surface area contributed by atoms with Crippen LogP contribution < -0.4 is 5.32 Å². The van der Waals surface area contributed by atoms with Crippen molar-refractivity contribution in [1.29, 1.82) is 0 Å². The molecular formula is C21H22N4O2. The highest BCUT2D eigenvalue weighted by Gasteiger charge is 2.27. The van der Waals surface area contributed by atoms with Crippen LogP contribution in [-0.2, 0) is 6.42 Å². The van der Waals surface area contributed by atoms with Crippen molar-refractivity contribution in [2.75, 3.05) is 13.1 Å². The van der Waals surface area contributed by atoms with E-state index in [1.54, 1.807) is 12.3 Å². The molecule has 0 saturated carbocycles. The van der Waals surface area contributed by atoms with E-state index in [1.165, 1.54) is 6.20 Å². The molecule has 1 aliphatic rings. The predicted octanol–water partition coefficient (Wildman–Crippen LogP) is 3.01. The number of rotatable bonds is 5. The van der Waals surface area contributed by atoms with E-state index in [1.807, 2.05) is 22.9 Å². The Balaban J connectivity index is 1.77. The molecule has 3 heterocycles. The molecule has 2 atom stereocenters. The van der Waals surface area contributed by atoms with Crippen LogP contribution in [0.5, 0.6) is 0 Å². The van der Waals surface area contributed by atoms with E-state index in [2.05, 4.69) is 35.6 Å². The van der Waals surface area contributed by atoms with Crippen molar-refractivity contribution in [2.24, 2.45) is 5.92 Å². The first kappa shape index (κ1) is 17.4. The molecule has 3 aromatic rings. The van der Waals surface area contributed by atoms with Crippen molar-refractivity contribution in [1.82, 2.24) is 20.1 Å². The Morgan fingerprint density at radius 2 is 2.07 bits per heavy atom. The lowest BCUT2D eigenvalue weighted by atomic mass is 10.00. The van der Waals surface area contributed by atoms with E-state index < -0.39 is 5.97 Å². The van der Waals surface area contributed by atoms with Crippen LogP contribution in [-0.4, -0.2) is 38.9 Å². The molecule has 0 aliphatic carbocycles. The average molecular weight is 362 g/mol. The molecule has 27 heavy (non-hydrogen) atoms. The summed E-state index contributed by atoms with van der Waals surface area (Å²) in [6.45, 7) is 4.09. The highest BCUT2D eigenvalue weighted by atomic mass is 16.4. The van der Waals surface area contributed by atoms with E-state index in [0.29, 0.717) is 23.9 Å². The third-order valence-electron chi connectivity index (χ3n) is 5.20. The second kappa shape index (κ2) is 7.32. The number of nitrogens with one attached hydrogen (secondary N) is 1. The summed E-state index contributed by atoms with van der Waals surface area (Å²) in [6, 6.07) is 11.9. The molecule has 0 spiro atoms. The lowest BCUT2D eigenvalue weighted by Crippen LogP contribution is -2.17. The number of hydrogen-bond donors (Lipinski definition) is 2. The lowest BCUT2D eigenvalue weighted by molar-refractivity contribution is 0.0695. The third kappa shape index (κ3) is 3.48. The Morgan fingerprint density at radius 3 is 2.78 bits per heavy atom. The molecule has 4 rings (SSSR count). The minimum absolute atomic E-state index is 0.273. The third-order valence-corrected chi connectivity index (χ3v) is 5.20.